The lowest BCUT2D eigenvalue weighted by Gasteiger charge is -2.20. The Morgan fingerprint density at radius 2 is 1.78 bits per heavy atom. The number of carbonyl (C=O) groups is 1. The smallest absolute Gasteiger partial charge is 0.407 e. The Kier molecular flexibility index (Phi) is 5.80. The van der Waals surface area contributed by atoms with Gasteiger partial charge in [-0.25, -0.2) is 4.79 Å². The zero-order valence-electron chi connectivity index (χ0n) is 14.1. The minimum atomic E-state index is -0.474. The van der Waals surface area contributed by atoms with Gasteiger partial charge in [0.25, 0.3) is 0 Å². The SMILES string of the molecule is CC(C)(C)OC(=O)NCC1=C/CCC=C(c2ccccc2)/C=C\1. The van der Waals surface area contributed by atoms with Gasteiger partial charge in [0.1, 0.15) is 5.60 Å². The molecular formula is C20H25NO2. The van der Waals surface area contributed by atoms with Gasteiger partial charge in [-0.2, -0.15) is 0 Å². The van der Waals surface area contributed by atoms with E-state index < -0.39 is 5.60 Å². The van der Waals surface area contributed by atoms with Gasteiger partial charge in [-0.3, -0.25) is 0 Å². The molecule has 1 N–H and O–H groups in total. The molecular weight excluding hydrogens is 286 g/mol. The van der Waals surface area contributed by atoms with Crippen molar-refractivity contribution in [1.29, 1.82) is 0 Å². The largest absolute Gasteiger partial charge is 0.444 e. The number of hydrogen-bond donors (Lipinski definition) is 1. The number of allylic oxidation sites excluding steroid dienone is 4. The fourth-order valence-corrected chi connectivity index (χ4v) is 2.30. The fourth-order valence-electron chi connectivity index (χ4n) is 2.30. The van der Waals surface area contributed by atoms with Gasteiger partial charge in [0.05, 0.1) is 0 Å². The molecule has 2 rings (SSSR count). The number of nitrogens with one attached hydrogen (secondary N) is 1. The summed E-state index contributed by atoms with van der Waals surface area (Å²) in [7, 11) is 0. The summed E-state index contributed by atoms with van der Waals surface area (Å²) in [6, 6.07) is 10.3. The molecule has 0 bridgehead atoms. The van der Waals surface area contributed by atoms with E-state index in [1.807, 2.05) is 39.0 Å². The zero-order chi connectivity index (χ0) is 16.7. The first kappa shape index (κ1) is 17.1. The van der Waals surface area contributed by atoms with Crippen molar-refractivity contribution in [1.82, 2.24) is 5.32 Å². The Labute approximate surface area is 138 Å². The molecule has 3 heteroatoms. The van der Waals surface area contributed by atoms with E-state index in [9.17, 15) is 4.79 Å². The third-order valence-electron chi connectivity index (χ3n) is 3.36. The molecule has 1 aromatic carbocycles. The van der Waals surface area contributed by atoms with Crippen molar-refractivity contribution >= 4 is 11.7 Å². The van der Waals surface area contributed by atoms with Gasteiger partial charge in [-0.05, 0) is 50.3 Å². The summed E-state index contributed by atoms with van der Waals surface area (Å²) in [6.45, 7) is 6.06. The molecule has 1 amide bonds. The second-order valence-electron chi connectivity index (χ2n) is 6.57. The average molecular weight is 311 g/mol. The van der Waals surface area contributed by atoms with Crippen LogP contribution in [0.4, 0.5) is 4.79 Å². The van der Waals surface area contributed by atoms with Crippen molar-refractivity contribution in [2.75, 3.05) is 6.54 Å². The first-order valence-corrected chi connectivity index (χ1v) is 8.03. The maximum Gasteiger partial charge on any atom is 0.407 e. The number of carbonyl (C=O) groups excluding carboxylic acids is 1. The quantitative estimate of drug-likeness (QED) is 0.864. The van der Waals surface area contributed by atoms with Gasteiger partial charge >= 0.3 is 6.09 Å². The molecule has 0 atom stereocenters. The number of alkyl carbamates (subject to hydrolysis) is 1. The second kappa shape index (κ2) is 7.82. The van der Waals surface area contributed by atoms with Crippen molar-refractivity contribution in [2.24, 2.45) is 0 Å². The van der Waals surface area contributed by atoms with Crippen LogP contribution in [-0.2, 0) is 4.74 Å². The van der Waals surface area contributed by atoms with Gasteiger partial charge in [-0.15, -0.1) is 0 Å². The third-order valence-corrected chi connectivity index (χ3v) is 3.36. The molecule has 0 aromatic heterocycles. The van der Waals surface area contributed by atoms with Gasteiger partial charge in [-0.1, -0.05) is 54.6 Å². The lowest BCUT2D eigenvalue weighted by atomic mass is 10.00. The van der Waals surface area contributed by atoms with Crippen LogP contribution < -0.4 is 5.32 Å². The fraction of sp³-hybridized carbons (Fsp3) is 0.350. The Morgan fingerprint density at radius 1 is 1.09 bits per heavy atom. The van der Waals surface area contributed by atoms with Crippen molar-refractivity contribution in [3.63, 3.8) is 0 Å². The van der Waals surface area contributed by atoms with Crippen LogP contribution in [0.5, 0.6) is 0 Å². The van der Waals surface area contributed by atoms with Crippen molar-refractivity contribution in [3.8, 4) is 0 Å². The van der Waals surface area contributed by atoms with Crippen LogP contribution in [0.15, 0.2) is 60.2 Å². The molecule has 23 heavy (non-hydrogen) atoms. The number of amides is 1. The summed E-state index contributed by atoms with van der Waals surface area (Å²) < 4.78 is 5.26. The number of rotatable bonds is 3. The van der Waals surface area contributed by atoms with E-state index in [1.165, 1.54) is 11.1 Å². The van der Waals surface area contributed by atoms with E-state index in [4.69, 9.17) is 4.74 Å². The maximum atomic E-state index is 11.7. The number of ether oxygens (including phenoxy) is 1. The monoisotopic (exact) mass is 311 g/mol. The van der Waals surface area contributed by atoms with Crippen LogP contribution in [0.1, 0.15) is 39.2 Å². The summed E-state index contributed by atoms with van der Waals surface area (Å²) in [5, 5.41) is 2.81. The van der Waals surface area contributed by atoms with Gasteiger partial charge in [0.15, 0.2) is 0 Å². The average Bonchev–Trinajstić information content (AvgIpc) is 2.45. The topological polar surface area (TPSA) is 38.3 Å². The van der Waals surface area contributed by atoms with E-state index in [-0.39, 0.29) is 6.09 Å². The highest BCUT2D eigenvalue weighted by Gasteiger charge is 2.15. The van der Waals surface area contributed by atoms with Gasteiger partial charge in [0.2, 0.25) is 0 Å². The van der Waals surface area contributed by atoms with E-state index >= 15 is 0 Å². The Morgan fingerprint density at radius 3 is 2.48 bits per heavy atom. The van der Waals surface area contributed by atoms with Crippen LogP contribution >= 0.6 is 0 Å². The second-order valence-corrected chi connectivity index (χ2v) is 6.57. The summed E-state index contributed by atoms with van der Waals surface area (Å²) in [4.78, 5) is 11.7. The molecule has 0 saturated carbocycles. The van der Waals surface area contributed by atoms with Crippen LogP contribution in [0.25, 0.3) is 5.57 Å². The lowest BCUT2D eigenvalue weighted by molar-refractivity contribution is 0.0533. The third kappa shape index (κ3) is 6.15. The predicted octanol–water partition coefficient (Wildman–Crippen LogP) is 4.87. The lowest BCUT2D eigenvalue weighted by Crippen LogP contribution is -2.33. The first-order valence-electron chi connectivity index (χ1n) is 8.03. The first-order chi connectivity index (χ1) is 10.9. The summed E-state index contributed by atoms with van der Waals surface area (Å²) in [6.07, 6.45) is 10.2. The molecule has 0 unspecified atom stereocenters. The molecule has 1 aliphatic carbocycles. The molecule has 0 saturated heterocycles. The molecule has 1 aromatic rings. The molecule has 0 radical (unpaired) electrons. The summed E-state index contributed by atoms with van der Waals surface area (Å²) >= 11 is 0. The highest BCUT2D eigenvalue weighted by Crippen LogP contribution is 2.20. The van der Waals surface area contributed by atoms with Crippen LogP contribution in [0, 0.1) is 0 Å². The molecule has 0 aliphatic heterocycles. The standard InChI is InChI=1S/C20H25NO2/c1-20(2,3)23-19(22)21-15-16-9-7-8-12-18(14-13-16)17-10-5-4-6-11-17/h4-6,9-14H,7-8,15H2,1-3H3,(H,21,22)/b14-13-,16-9+,18-12?. The predicted molar refractivity (Wildman–Crippen MR) is 95.1 cm³/mol. The highest BCUT2D eigenvalue weighted by molar-refractivity contribution is 5.75. The number of benzene rings is 1. The van der Waals surface area contributed by atoms with E-state index in [0.717, 1.165) is 18.4 Å². The zero-order valence-corrected chi connectivity index (χ0v) is 14.1. The van der Waals surface area contributed by atoms with Crippen LogP contribution in [0.2, 0.25) is 0 Å². The Hall–Kier alpha value is -2.29. The molecule has 3 nitrogen and oxygen atoms in total. The normalized spacial score (nSPS) is 18.7. The van der Waals surface area contributed by atoms with Gasteiger partial charge < -0.3 is 10.1 Å². The maximum absolute atomic E-state index is 11.7. The molecule has 1 aliphatic rings. The minimum absolute atomic E-state index is 0.382. The Balaban J connectivity index is 1.97. The number of hydrogen-bond acceptors (Lipinski definition) is 2. The van der Waals surface area contributed by atoms with Crippen molar-refractivity contribution in [2.45, 2.75) is 39.2 Å². The van der Waals surface area contributed by atoms with Crippen LogP contribution in [-0.4, -0.2) is 18.2 Å². The van der Waals surface area contributed by atoms with E-state index in [1.54, 1.807) is 0 Å². The van der Waals surface area contributed by atoms with Gasteiger partial charge in [0, 0.05) is 6.54 Å². The van der Waals surface area contributed by atoms with E-state index in [2.05, 4.69) is 41.8 Å². The summed E-state index contributed by atoms with van der Waals surface area (Å²) in [5.74, 6) is 0. The molecule has 0 spiro atoms. The summed E-state index contributed by atoms with van der Waals surface area (Å²) in [5.41, 5.74) is 3.05. The van der Waals surface area contributed by atoms with Crippen molar-refractivity contribution in [3.05, 3.63) is 65.8 Å². The Bertz CT molecular complexity index is 619. The molecule has 0 heterocycles. The molecule has 122 valence electrons. The van der Waals surface area contributed by atoms with E-state index in [0.29, 0.717) is 6.54 Å². The highest BCUT2D eigenvalue weighted by atomic mass is 16.6. The van der Waals surface area contributed by atoms with Crippen LogP contribution in [0.3, 0.4) is 0 Å². The van der Waals surface area contributed by atoms with Crippen molar-refractivity contribution < 1.29 is 9.53 Å². The minimum Gasteiger partial charge on any atom is -0.444 e. The molecule has 0 fully saturated rings.